The fourth-order valence-electron chi connectivity index (χ4n) is 3.64. The molecule has 90 valence electrons. The quantitative estimate of drug-likeness (QED) is 0.841. The zero-order valence-corrected chi connectivity index (χ0v) is 10.2. The lowest BCUT2D eigenvalue weighted by Crippen LogP contribution is -2.39. The minimum Gasteiger partial charge on any atom is -0.493 e. The standard InChI is InChI=1S/C15H19NO/c1-7-15(16-8-1,12-2-3-12)13-4-5-14-11(10-13)6-9-17-14/h4-5,10,12,16H,1-3,6-9H2. The summed E-state index contributed by atoms with van der Waals surface area (Å²) in [4.78, 5) is 0. The van der Waals surface area contributed by atoms with Gasteiger partial charge >= 0.3 is 0 Å². The zero-order chi connectivity index (χ0) is 11.3. The molecule has 0 spiro atoms. The second-order valence-electron chi connectivity index (χ2n) is 5.70. The van der Waals surface area contributed by atoms with Crippen LogP contribution in [0, 0.1) is 5.92 Å². The van der Waals surface area contributed by atoms with E-state index in [-0.39, 0.29) is 0 Å². The molecule has 1 saturated carbocycles. The molecule has 2 heteroatoms. The van der Waals surface area contributed by atoms with E-state index >= 15 is 0 Å². The van der Waals surface area contributed by atoms with Gasteiger partial charge in [0.2, 0.25) is 0 Å². The van der Waals surface area contributed by atoms with E-state index in [0.29, 0.717) is 5.54 Å². The van der Waals surface area contributed by atoms with Crippen molar-refractivity contribution in [2.45, 2.75) is 37.6 Å². The van der Waals surface area contributed by atoms with Crippen molar-refractivity contribution >= 4 is 0 Å². The molecule has 1 aliphatic carbocycles. The van der Waals surface area contributed by atoms with E-state index in [2.05, 4.69) is 23.5 Å². The van der Waals surface area contributed by atoms with E-state index < -0.39 is 0 Å². The first-order valence-corrected chi connectivity index (χ1v) is 6.90. The number of hydrogen-bond donors (Lipinski definition) is 1. The number of ether oxygens (including phenoxy) is 1. The van der Waals surface area contributed by atoms with Gasteiger partial charge in [0.25, 0.3) is 0 Å². The summed E-state index contributed by atoms with van der Waals surface area (Å²) in [5.74, 6) is 1.99. The molecule has 0 amide bonds. The Morgan fingerprint density at radius 1 is 1.29 bits per heavy atom. The van der Waals surface area contributed by atoms with E-state index in [1.54, 1.807) is 0 Å². The molecule has 1 saturated heterocycles. The van der Waals surface area contributed by atoms with Crippen LogP contribution in [0.1, 0.15) is 36.8 Å². The van der Waals surface area contributed by atoms with Gasteiger partial charge in [-0.25, -0.2) is 0 Å². The first-order valence-electron chi connectivity index (χ1n) is 6.90. The van der Waals surface area contributed by atoms with Crippen LogP contribution in [0.4, 0.5) is 0 Å². The molecular formula is C15H19NO. The van der Waals surface area contributed by atoms with Gasteiger partial charge in [-0.3, -0.25) is 0 Å². The van der Waals surface area contributed by atoms with Gasteiger partial charge in [0.1, 0.15) is 5.75 Å². The number of nitrogens with one attached hydrogen (secondary N) is 1. The molecule has 1 atom stereocenters. The van der Waals surface area contributed by atoms with Crippen molar-refractivity contribution in [1.29, 1.82) is 0 Å². The molecule has 0 radical (unpaired) electrons. The third kappa shape index (κ3) is 1.43. The Morgan fingerprint density at radius 2 is 2.24 bits per heavy atom. The van der Waals surface area contributed by atoms with E-state index in [1.165, 1.54) is 43.4 Å². The molecule has 2 fully saturated rings. The van der Waals surface area contributed by atoms with Crippen molar-refractivity contribution in [2.75, 3.05) is 13.2 Å². The highest BCUT2D eigenvalue weighted by molar-refractivity contribution is 5.43. The fourth-order valence-corrected chi connectivity index (χ4v) is 3.64. The lowest BCUT2D eigenvalue weighted by atomic mass is 9.83. The lowest BCUT2D eigenvalue weighted by Gasteiger charge is -2.31. The zero-order valence-electron chi connectivity index (χ0n) is 10.2. The van der Waals surface area contributed by atoms with Crippen LogP contribution < -0.4 is 10.1 Å². The Balaban J connectivity index is 1.77. The normalized spacial score (nSPS) is 31.3. The summed E-state index contributed by atoms with van der Waals surface area (Å²) in [7, 11) is 0. The molecule has 2 aliphatic heterocycles. The Morgan fingerprint density at radius 3 is 3.00 bits per heavy atom. The SMILES string of the molecule is c1cc2c(cc1C1(C3CC3)CCCN1)CCO2. The average Bonchev–Trinajstić information content (AvgIpc) is 2.94. The molecule has 0 bridgehead atoms. The van der Waals surface area contributed by atoms with Gasteiger partial charge in [-0.1, -0.05) is 12.1 Å². The van der Waals surface area contributed by atoms with Crippen molar-refractivity contribution in [2.24, 2.45) is 5.92 Å². The van der Waals surface area contributed by atoms with Crippen LogP contribution in [-0.2, 0) is 12.0 Å². The van der Waals surface area contributed by atoms with Crippen LogP contribution in [0.15, 0.2) is 18.2 Å². The third-order valence-corrected chi connectivity index (χ3v) is 4.67. The summed E-state index contributed by atoms with van der Waals surface area (Å²) in [6, 6.07) is 6.88. The first kappa shape index (κ1) is 9.95. The fraction of sp³-hybridized carbons (Fsp3) is 0.600. The lowest BCUT2D eigenvalue weighted by molar-refractivity contribution is 0.335. The summed E-state index contributed by atoms with van der Waals surface area (Å²) in [5.41, 5.74) is 3.23. The maximum Gasteiger partial charge on any atom is 0.122 e. The number of benzene rings is 1. The van der Waals surface area contributed by atoms with Crippen LogP contribution in [0.25, 0.3) is 0 Å². The van der Waals surface area contributed by atoms with E-state index in [4.69, 9.17) is 4.74 Å². The van der Waals surface area contributed by atoms with Crippen LogP contribution in [0.3, 0.4) is 0 Å². The molecule has 0 aromatic heterocycles. The van der Waals surface area contributed by atoms with Gasteiger partial charge in [-0.15, -0.1) is 0 Å². The van der Waals surface area contributed by atoms with Gasteiger partial charge in [0.15, 0.2) is 0 Å². The summed E-state index contributed by atoms with van der Waals surface area (Å²) < 4.78 is 5.60. The van der Waals surface area contributed by atoms with Crippen molar-refractivity contribution < 1.29 is 4.74 Å². The summed E-state index contributed by atoms with van der Waals surface area (Å²) >= 11 is 0. The molecule has 2 heterocycles. The predicted octanol–water partition coefficient (Wildman–Crippen LogP) is 2.61. The topological polar surface area (TPSA) is 21.3 Å². The van der Waals surface area contributed by atoms with Crippen LogP contribution in [-0.4, -0.2) is 13.2 Å². The molecule has 1 unspecified atom stereocenters. The minimum atomic E-state index is 0.303. The maximum atomic E-state index is 5.60. The number of hydrogen-bond acceptors (Lipinski definition) is 2. The van der Waals surface area contributed by atoms with Gasteiger partial charge in [-0.2, -0.15) is 0 Å². The number of fused-ring (bicyclic) bond motifs is 1. The Hall–Kier alpha value is -1.02. The van der Waals surface area contributed by atoms with Gasteiger partial charge in [0.05, 0.1) is 6.61 Å². The second kappa shape index (κ2) is 3.49. The Labute approximate surface area is 102 Å². The molecule has 1 aromatic rings. The van der Waals surface area contributed by atoms with Crippen LogP contribution >= 0.6 is 0 Å². The van der Waals surface area contributed by atoms with Gasteiger partial charge in [0, 0.05) is 12.0 Å². The monoisotopic (exact) mass is 229 g/mol. The molecule has 2 nitrogen and oxygen atoms in total. The molecule has 17 heavy (non-hydrogen) atoms. The van der Waals surface area contributed by atoms with Crippen molar-refractivity contribution in [3.63, 3.8) is 0 Å². The molecular weight excluding hydrogens is 210 g/mol. The van der Waals surface area contributed by atoms with Crippen molar-refractivity contribution in [3.05, 3.63) is 29.3 Å². The second-order valence-corrected chi connectivity index (χ2v) is 5.70. The molecule has 3 aliphatic rings. The van der Waals surface area contributed by atoms with Crippen LogP contribution in [0.5, 0.6) is 5.75 Å². The Kier molecular flexibility index (Phi) is 2.04. The van der Waals surface area contributed by atoms with Crippen LogP contribution in [0.2, 0.25) is 0 Å². The smallest absolute Gasteiger partial charge is 0.122 e. The van der Waals surface area contributed by atoms with Gasteiger partial charge < -0.3 is 10.1 Å². The van der Waals surface area contributed by atoms with Gasteiger partial charge in [-0.05, 0) is 55.3 Å². The van der Waals surface area contributed by atoms with E-state index in [9.17, 15) is 0 Å². The maximum absolute atomic E-state index is 5.60. The third-order valence-electron chi connectivity index (χ3n) is 4.67. The Bertz CT molecular complexity index is 444. The van der Waals surface area contributed by atoms with Crippen molar-refractivity contribution in [3.8, 4) is 5.75 Å². The predicted molar refractivity (Wildman–Crippen MR) is 67.3 cm³/mol. The first-order chi connectivity index (χ1) is 8.38. The highest BCUT2D eigenvalue weighted by atomic mass is 16.5. The van der Waals surface area contributed by atoms with E-state index in [0.717, 1.165) is 24.7 Å². The summed E-state index contributed by atoms with van der Waals surface area (Å²) in [5, 5.41) is 3.80. The highest BCUT2D eigenvalue weighted by Crippen LogP contribution is 2.50. The van der Waals surface area contributed by atoms with E-state index in [1.807, 2.05) is 0 Å². The molecule has 4 rings (SSSR count). The van der Waals surface area contributed by atoms with Crippen molar-refractivity contribution in [1.82, 2.24) is 5.32 Å². The summed E-state index contributed by atoms with van der Waals surface area (Å²) in [6.07, 6.45) is 6.53. The summed E-state index contributed by atoms with van der Waals surface area (Å²) in [6.45, 7) is 2.05. The largest absolute Gasteiger partial charge is 0.493 e. The highest BCUT2D eigenvalue weighted by Gasteiger charge is 2.48. The average molecular weight is 229 g/mol. The molecule has 1 aromatic carbocycles. The molecule has 1 N–H and O–H groups in total. The number of rotatable bonds is 2. The minimum absolute atomic E-state index is 0.303.